The van der Waals surface area contributed by atoms with Crippen molar-refractivity contribution in [1.29, 1.82) is 0 Å². The number of nitrogens with one attached hydrogen (secondary N) is 1. The van der Waals surface area contributed by atoms with E-state index in [-0.39, 0.29) is 17.9 Å². The summed E-state index contributed by atoms with van der Waals surface area (Å²) >= 11 is 0. The number of aromatic nitrogens is 2. The Kier molecular flexibility index (Phi) is 6.43. The number of hydrogen-bond acceptors (Lipinski definition) is 4. The summed E-state index contributed by atoms with van der Waals surface area (Å²) in [7, 11) is 0. The maximum atomic E-state index is 12.9. The van der Waals surface area contributed by atoms with Crippen molar-refractivity contribution in [2.45, 2.75) is 46.1 Å². The van der Waals surface area contributed by atoms with Crippen LogP contribution in [0.2, 0.25) is 0 Å². The third-order valence-electron chi connectivity index (χ3n) is 5.45. The molecule has 0 radical (unpaired) electrons. The van der Waals surface area contributed by atoms with E-state index in [1.807, 2.05) is 0 Å². The Balaban J connectivity index is 1.59. The van der Waals surface area contributed by atoms with E-state index in [0.29, 0.717) is 5.92 Å². The van der Waals surface area contributed by atoms with E-state index < -0.39 is 0 Å². The second kappa shape index (κ2) is 8.98. The summed E-state index contributed by atoms with van der Waals surface area (Å²) in [6, 6.07) is 8.69. The predicted molar refractivity (Wildman–Crippen MR) is 109 cm³/mol. The molecule has 27 heavy (non-hydrogen) atoms. The fraction of sp³-hybridized carbons (Fsp3) is 0.500. The lowest BCUT2D eigenvalue weighted by Gasteiger charge is -2.33. The van der Waals surface area contributed by atoms with Gasteiger partial charge in [0.15, 0.2) is 0 Å². The molecular weight excluding hydrogens is 336 g/mol. The van der Waals surface area contributed by atoms with Crippen molar-refractivity contribution in [3.8, 4) is 0 Å². The highest BCUT2D eigenvalue weighted by Gasteiger charge is 2.28. The maximum Gasteiger partial charge on any atom is 0.223 e. The monoisotopic (exact) mass is 366 g/mol. The zero-order chi connectivity index (χ0) is 19.2. The molecule has 5 nitrogen and oxygen atoms in total. The van der Waals surface area contributed by atoms with Crippen LogP contribution < -0.4 is 10.2 Å². The van der Waals surface area contributed by atoms with Crippen molar-refractivity contribution in [2.24, 2.45) is 11.8 Å². The smallest absolute Gasteiger partial charge is 0.223 e. The fourth-order valence-electron chi connectivity index (χ4n) is 3.69. The van der Waals surface area contributed by atoms with Gasteiger partial charge in [0, 0.05) is 31.4 Å². The number of amides is 1. The molecule has 2 heterocycles. The van der Waals surface area contributed by atoms with Gasteiger partial charge in [-0.15, -0.1) is 0 Å². The average molecular weight is 367 g/mol. The SMILES string of the molecule is CCc1ccc(C(NC(=O)C2CCN(c3cnccn3)CC2)C(C)C)cc1. The van der Waals surface area contributed by atoms with Crippen LogP contribution in [0.1, 0.15) is 50.8 Å². The molecule has 1 aliphatic heterocycles. The summed E-state index contributed by atoms with van der Waals surface area (Å²) in [5, 5.41) is 3.31. The molecule has 1 amide bonds. The summed E-state index contributed by atoms with van der Waals surface area (Å²) in [6.45, 7) is 8.16. The Bertz CT molecular complexity index is 722. The van der Waals surface area contributed by atoms with E-state index in [1.54, 1.807) is 18.6 Å². The number of carbonyl (C=O) groups is 1. The van der Waals surface area contributed by atoms with Gasteiger partial charge in [0.05, 0.1) is 12.2 Å². The van der Waals surface area contributed by atoms with Crippen molar-refractivity contribution in [1.82, 2.24) is 15.3 Å². The van der Waals surface area contributed by atoms with Crippen LogP contribution in [-0.4, -0.2) is 29.0 Å². The Labute approximate surface area is 162 Å². The van der Waals surface area contributed by atoms with Crippen molar-refractivity contribution in [3.63, 3.8) is 0 Å². The first-order valence-electron chi connectivity index (χ1n) is 9.98. The van der Waals surface area contributed by atoms with Gasteiger partial charge in [-0.2, -0.15) is 0 Å². The summed E-state index contributed by atoms with van der Waals surface area (Å²) in [4.78, 5) is 23.6. The Morgan fingerprint density at radius 2 is 1.89 bits per heavy atom. The molecule has 1 saturated heterocycles. The first kappa shape index (κ1) is 19.3. The highest BCUT2D eigenvalue weighted by atomic mass is 16.2. The van der Waals surface area contributed by atoms with Crippen LogP contribution in [0, 0.1) is 11.8 Å². The number of carbonyl (C=O) groups excluding carboxylic acids is 1. The quantitative estimate of drug-likeness (QED) is 0.845. The van der Waals surface area contributed by atoms with Gasteiger partial charge in [0.2, 0.25) is 5.91 Å². The molecule has 144 valence electrons. The topological polar surface area (TPSA) is 58.1 Å². The fourth-order valence-corrected chi connectivity index (χ4v) is 3.69. The lowest BCUT2D eigenvalue weighted by atomic mass is 9.91. The number of aryl methyl sites for hydroxylation is 1. The maximum absolute atomic E-state index is 12.9. The van der Waals surface area contributed by atoms with Crippen molar-refractivity contribution < 1.29 is 4.79 Å². The third kappa shape index (κ3) is 4.85. The molecule has 1 fully saturated rings. The van der Waals surface area contributed by atoms with Crippen LogP contribution in [0.5, 0.6) is 0 Å². The van der Waals surface area contributed by atoms with Crippen LogP contribution in [0.3, 0.4) is 0 Å². The number of benzene rings is 1. The van der Waals surface area contributed by atoms with E-state index in [2.05, 4.69) is 65.2 Å². The molecule has 1 unspecified atom stereocenters. The Hall–Kier alpha value is -2.43. The van der Waals surface area contributed by atoms with Crippen LogP contribution in [-0.2, 0) is 11.2 Å². The van der Waals surface area contributed by atoms with E-state index in [0.717, 1.165) is 38.2 Å². The van der Waals surface area contributed by atoms with E-state index in [4.69, 9.17) is 0 Å². The van der Waals surface area contributed by atoms with Gasteiger partial charge in [0.25, 0.3) is 0 Å². The van der Waals surface area contributed by atoms with Gasteiger partial charge in [-0.05, 0) is 36.3 Å². The number of piperidine rings is 1. The Morgan fingerprint density at radius 3 is 2.44 bits per heavy atom. The summed E-state index contributed by atoms with van der Waals surface area (Å²) in [5.41, 5.74) is 2.51. The molecule has 0 spiro atoms. The number of nitrogens with zero attached hydrogens (tertiary/aromatic N) is 3. The number of rotatable bonds is 6. The standard InChI is InChI=1S/C22H30N4O/c1-4-17-5-7-18(8-6-17)21(16(2)3)25-22(27)19-9-13-26(14-10-19)20-15-23-11-12-24-20/h5-8,11-12,15-16,19,21H,4,9-10,13-14H2,1-3H3,(H,25,27). The molecule has 3 rings (SSSR count). The van der Waals surface area contributed by atoms with Crippen LogP contribution in [0.25, 0.3) is 0 Å². The van der Waals surface area contributed by atoms with Crippen LogP contribution in [0.4, 0.5) is 5.82 Å². The lowest BCUT2D eigenvalue weighted by Crippen LogP contribution is -2.42. The normalized spacial score (nSPS) is 16.4. The average Bonchev–Trinajstić information content (AvgIpc) is 2.72. The lowest BCUT2D eigenvalue weighted by molar-refractivity contribution is -0.126. The second-order valence-electron chi connectivity index (χ2n) is 7.65. The molecule has 1 N–H and O–H groups in total. The van der Waals surface area contributed by atoms with Crippen molar-refractivity contribution in [2.75, 3.05) is 18.0 Å². The minimum atomic E-state index is 0.0569. The molecule has 1 aliphatic rings. The molecule has 1 aromatic carbocycles. The number of anilines is 1. The predicted octanol–water partition coefficient (Wildman–Crippen LogP) is 3.77. The van der Waals surface area contributed by atoms with Crippen LogP contribution in [0.15, 0.2) is 42.9 Å². The van der Waals surface area contributed by atoms with Gasteiger partial charge in [-0.25, -0.2) is 4.98 Å². The minimum Gasteiger partial charge on any atom is -0.355 e. The van der Waals surface area contributed by atoms with Gasteiger partial charge in [-0.1, -0.05) is 45.0 Å². The highest BCUT2D eigenvalue weighted by molar-refractivity contribution is 5.79. The largest absolute Gasteiger partial charge is 0.355 e. The molecule has 1 atom stereocenters. The first-order valence-corrected chi connectivity index (χ1v) is 9.98. The van der Waals surface area contributed by atoms with Gasteiger partial charge < -0.3 is 10.2 Å². The molecule has 0 saturated carbocycles. The first-order chi connectivity index (χ1) is 13.1. The summed E-state index contributed by atoms with van der Waals surface area (Å²) < 4.78 is 0. The minimum absolute atomic E-state index is 0.0569. The third-order valence-corrected chi connectivity index (χ3v) is 5.45. The molecule has 2 aromatic rings. The Morgan fingerprint density at radius 1 is 1.19 bits per heavy atom. The summed E-state index contributed by atoms with van der Waals surface area (Å²) in [6.07, 6.45) is 7.91. The van der Waals surface area contributed by atoms with Crippen LogP contribution >= 0.6 is 0 Å². The van der Waals surface area contributed by atoms with E-state index >= 15 is 0 Å². The summed E-state index contributed by atoms with van der Waals surface area (Å²) in [5.74, 6) is 1.48. The zero-order valence-corrected chi connectivity index (χ0v) is 16.6. The van der Waals surface area contributed by atoms with E-state index in [9.17, 15) is 4.79 Å². The van der Waals surface area contributed by atoms with Crippen molar-refractivity contribution >= 4 is 11.7 Å². The molecular formula is C22H30N4O. The number of hydrogen-bond donors (Lipinski definition) is 1. The van der Waals surface area contributed by atoms with Crippen molar-refractivity contribution in [3.05, 3.63) is 54.0 Å². The zero-order valence-electron chi connectivity index (χ0n) is 16.6. The second-order valence-corrected chi connectivity index (χ2v) is 7.65. The molecule has 1 aromatic heterocycles. The van der Waals surface area contributed by atoms with E-state index in [1.165, 1.54) is 11.1 Å². The van der Waals surface area contributed by atoms with Gasteiger partial charge in [0.1, 0.15) is 5.82 Å². The molecule has 0 bridgehead atoms. The van der Waals surface area contributed by atoms with Gasteiger partial charge in [-0.3, -0.25) is 9.78 Å². The van der Waals surface area contributed by atoms with Gasteiger partial charge >= 0.3 is 0 Å². The molecule has 0 aliphatic carbocycles. The molecule has 5 heteroatoms. The highest BCUT2D eigenvalue weighted by Crippen LogP contribution is 2.26.